The fourth-order valence-electron chi connectivity index (χ4n) is 2.51. The molecule has 23 heavy (non-hydrogen) atoms. The van der Waals surface area contributed by atoms with Gasteiger partial charge in [-0.15, -0.1) is 5.10 Å². The third kappa shape index (κ3) is 2.98. The molecule has 1 aromatic heterocycles. The summed E-state index contributed by atoms with van der Waals surface area (Å²) in [6, 6.07) is 2.78. The molecule has 0 radical (unpaired) electrons. The smallest absolute Gasteiger partial charge is 0.329 e. The van der Waals surface area contributed by atoms with Crippen LogP contribution in [-0.2, 0) is 9.84 Å². The zero-order valence-corrected chi connectivity index (χ0v) is 14.4. The Bertz CT molecular complexity index is 862. The molecule has 1 aromatic carbocycles. The first kappa shape index (κ1) is 17.1. The van der Waals surface area contributed by atoms with E-state index in [9.17, 15) is 17.6 Å². The first-order valence-electron chi connectivity index (χ1n) is 6.85. The van der Waals surface area contributed by atoms with E-state index in [2.05, 4.69) is 5.10 Å². The number of carbonyl (C=O) groups excluding carboxylic acids is 1. The monoisotopic (exact) mass is 339 g/mol. The van der Waals surface area contributed by atoms with Crippen molar-refractivity contribution in [3.63, 3.8) is 0 Å². The molecule has 1 heterocycles. The Morgan fingerprint density at radius 3 is 2.17 bits per heavy atom. The van der Waals surface area contributed by atoms with E-state index in [-0.39, 0.29) is 4.90 Å². The molecule has 0 N–H and O–H groups in total. The molecule has 0 aliphatic rings. The van der Waals surface area contributed by atoms with Crippen LogP contribution in [0.15, 0.2) is 28.3 Å². The van der Waals surface area contributed by atoms with E-state index in [1.807, 2.05) is 6.92 Å². The van der Waals surface area contributed by atoms with E-state index < -0.39 is 26.7 Å². The van der Waals surface area contributed by atoms with Crippen molar-refractivity contribution in [1.82, 2.24) is 14.7 Å². The van der Waals surface area contributed by atoms with Crippen LogP contribution in [0.2, 0.25) is 0 Å². The number of benzene rings is 1. The van der Waals surface area contributed by atoms with Gasteiger partial charge in [-0.1, -0.05) is 17.7 Å². The lowest BCUT2D eigenvalue weighted by Crippen LogP contribution is -2.27. The quantitative estimate of drug-likeness (QED) is 0.842. The maximum atomic E-state index is 14.1. The first-order chi connectivity index (χ1) is 10.6. The SMILES string of the molecule is Cc1cc(C)c(S(=O)(=O)c2nn(C(=O)N(C)C)cc2F)c(C)c1. The van der Waals surface area contributed by atoms with E-state index in [1.165, 1.54) is 19.0 Å². The molecule has 0 unspecified atom stereocenters. The Labute approximate surface area is 134 Å². The number of sulfone groups is 1. The number of amides is 1. The van der Waals surface area contributed by atoms with Gasteiger partial charge in [-0.05, 0) is 31.9 Å². The molecule has 0 atom stereocenters. The highest BCUT2D eigenvalue weighted by Gasteiger charge is 2.30. The van der Waals surface area contributed by atoms with Gasteiger partial charge in [0.25, 0.3) is 0 Å². The molecule has 2 aromatic rings. The highest BCUT2D eigenvalue weighted by atomic mass is 32.2. The lowest BCUT2D eigenvalue weighted by molar-refractivity contribution is 0.215. The lowest BCUT2D eigenvalue weighted by atomic mass is 10.1. The molecule has 6 nitrogen and oxygen atoms in total. The summed E-state index contributed by atoms with van der Waals surface area (Å²) in [5, 5.41) is 2.90. The minimum Gasteiger partial charge on any atom is -0.329 e. The lowest BCUT2D eigenvalue weighted by Gasteiger charge is -2.11. The van der Waals surface area contributed by atoms with Gasteiger partial charge < -0.3 is 4.90 Å². The van der Waals surface area contributed by atoms with E-state index in [4.69, 9.17) is 0 Å². The van der Waals surface area contributed by atoms with Gasteiger partial charge in [0.05, 0.1) is 11.1 Å². The normalized spacial score (nSPS) is 11.6. The zero-order chi connectivity index (χ0) is 17.5. The van der Waals surface area contributed by atoms with Crippen LogP contribution in [0.25, 0.3) is 0 Å². The van der Waals surface area contributed by atoms with Crippen molar-refractivity contribution in [2.24, 2.45) is 0 Å². The van der Waals surface area contributed by atoms with Gasteiger partial charge in [-0.3, -0.25) is 0 Å². The second-order valence-corrected chi connectivity index (χ2v) is 7.44. The molecular formula is C15H18FN3O3S. The third-order valence-corrected chi connectivity index (χ3v) is 5.31. The van der Waals surface area contributed by atoms with Crippen LogP contribution in [0.1, 0.15) is 16.7 Å². The standard InChI is InChI=1S/C15H18FN3O3S/c1-9-6-10(2)13(11(3)7-9)23(21,22)14-12(16)8-19(17-14)15(20)18(4)5/h6-8H,1-5H3. The number of aryl methyl sites for hydroxylation is 3. The Hall–Kier alpha value is -2.22. The first-order valence-corrected chi connectivity index (χ1v) is 8.33. The maximum Gasteiger partial charge on any atom is 0.344 e. The molecule has 0 aliphatic heterocycles. The van der Waals surface area contributed by atoms with Gasteiger partial charge in [-0.25, -0.2) is 17.6 Å². The van der Waals surface area contributed by atoms with E-state index >= 15 is 0 Å². The van der Waals surface area contributed by atoms with Crippen LogP contribution < -0.4 is 0 Å². The molecule has 2 rings (SSSR count). The van der Waals surface area contributed by atoms with Crippen molar-refractivity contribution in [2.45, 2.75) is 30.7 Å². The van der Waals surface area contributed by atoms with Crippen LogP contribution >= 0.6 is 0 Å². The minimum absolute atomic E-state index is 0.0181. The van der Waals surface area contributed by atoms with E-state index in [0.717, 1.165) is 11.8 Å². The summed E-state index contributed by atoms with van der Waals surface area (Å²) in [5.41, 5.74) is 1.93. The molecule has 1 amide bonds. The van der Waals surface area contributed by atoms with Crippen LogP contribution in [0.4, 0.5) is 9.18 Å². The van der Waals surface area contributed by atoms with Crippen molar-refractivity contribution in [2.75, 3.05) is 14.1 Å². The number of aromatic nitrogens is 2. The van der Waals surface area contributed by atoms with Crippen molar-refractivity contribution < 1.29 is 17.6 Å². The number of hydrogen-bond acceptors (Lipinski definition) is 4. The minimum atomic E-state index is -4.16. The van der Waals surface area contributed by atoms with Crippen LogP contribution in [-0.4, -0.2) is 43.2 Å². The Kier molecular flexibility index (Phi) is 4.30. The Morgan fingerprint density at radius 1 is 1.17 bits per heavy atom. The number of nitrogens with zero attached hydrogens (tertiary/aromatic N) is 3. The van der Waals surface area contributed by atoms with Gasteiger partial charge in [0.1, 0.15) is 0 Å². The predicted molar refractivity (Wildman–Crippen MR) is 82.8 cm³/mol. The summed E-state index contributed by atoms with van der Waals surface area (Å²) in [7, 11) is -1.24. The van der Waals surface area contributed by atoms with Gasteiger partial charge >= 0.3 is 6.03 Å². The molecule has 0 saturated heterocycles. The summed E-state index contributed by atoms with van der Waals surface area (Å²) >= 11 is 0. The summed E-state index contributed by atoms with van der Waals surface area (Å²) < 4.78 is 40.4. The highest BCUT2D eigenvalue weighted by Crippen LogP contribution is 2.28. The summed E-state index contributed by atoms with van der Waals surface area (Å²) in [5.74, 6) is -1.06. The fraction of sp³-hybridized carbons (Fsp3) is 0.333. The van der Waals surface area contributed by atoms with Gasteiger partial charge in [0.15, 0.2) is 5.82 Å². The van der Waals surface area contributed by atoms with Gasteiger partial charge in [0, 0.05) is 14.1 Å². The van der Waals surface area contributed by atoms with E-state index in [0.29, 0.717) is 15.8 Å². The van der Waals surface area contributed by atoms with Crippen molar-refractivity contribution in [3.8, 4) is 0 Å². The molecule has 0 fully saturated rings. The van der Waals surface area contributed by atoms with Gasteiger partial charge in [0.2, 0.25) is 14.9 Å². The molecule has 0 aliphatic carbocycles. The second-order valence-electron chi connectivity index (χ2n) is 5.64. The molecule has 0 saturated carbocycles. The topological polar surface area (TPSA) is 72.3 Å². The highest BCUT2D eigenvalue weighted by molar-refractivity contribution is 7.91. The zero-order valence-electron chi connectivity index (χ0n) is 13.6. The molecular weight excluding hydrogens is 321 g/mol. The van der Waals surface area contributed by atoms with Crippen LogP contribution in [0, 0.1) is 26.6 Å². The average Bonchev–Trinajstić information content (AvgIpc) is 2.78. The molecule has 0 bridgehead atoms. The van der Waals surface area contributed by atoms with Crippen LogP contribution in [0.5, 0.6) is 0 Å². The predicted octanol–water partition coefficient (Wildman–Crippen LogP) is 2.31. The van der Waals surface area contributed by atoms with Crippen molar-refractivity contribution in [1.29, 1.82) is 0 Å². The summed E-state index contributed by atoms with van der Waals surface area (Å²) in [4.78, 5) is 13.0. The third-order valence-electron chi connectivity index (χ3n) is 3.34. The molecule has 8 heteroatoms. The number of hydrogen-bond donors (Lipinski definition) is 0. The number of halogens is 1. The maximum absolute atomic E-state index is 14.1. The number of carbonyl (C=O) groups is 1. The molecule has 0 spiro atoms. The molecule has 124 valence electrons. The number of rotatable bonds is 2. The van der Waals surface area contributed by atoms with Gasteiger partial charge in [-0.2, -0.15) is 4.68 Å². The largest absolute Gasteiger partial charge is 0.344 e. The summed E-state index contributed by atoms with van der Waals surface area (Å²) in [6.07, 6.45) is 0.772. The average molecular weight is 339 g/mol. The van der Waals surface area contributed by atoms with Crippen LogP contribution in [0.3, 0.4) is 0 Å². The van der Waals surface area contributed by atoms with Crippen molar-refractivity contribution >= 4 is 15.9 Å². The fourth-order valence-corrected chi connectivity index (χ4v) is 4.17. The van der Waals surface area contributed by atoms with Crippen molar-refractivity contribution in [3.05, 3.63) is 40.8 Å². The Morgan fingerprint density at radius 2 is 1.70 bits per heavy atom. The Balaban J connectivity index is 2.65. The van der Waals surface area contributed by atoms with E-state index in [1.54, 1.807) is 26.0 Å². The second kappa shape index (κ2) is 5.77. The summed E-state index contributed by atoms with van der Waals surface area (Å²) in [6.45, 7) is 5.14.